The van der Waals surface area contributed by atoms with Crippen molar-refractivity contribution in [1.29, 1.82) is 0 Å². The molecule has 0 saturated carbocycles. The van der Waals surface area contributed by atoms with Crippen LogP contribution in [-0.4, -0.2) is 15.0 Å². The van der Waals surface area contributed by atoms with Gasteiger partial charge in [0.2, 0.25) is 0 Å². The summed E-state index contributed by atoms with van der Waals surface area (Å²) in [6.45, 7) is 0. The van der Waals surface area contributed by atoms with Gasteiger partial charge in [-0.3, -0.25) is 0 Å². The molecule has 0 fully saturated rings. The van der Waals surface area contributed by atoms with Crippen molar-refractivity contribution >= 4 is 64.6 Å². The number of hydrogen-bond donors (Lipinski definition) is 0. The van der Waals surface area contributed by atoms with E-state index in [0.29, 0.717) is 17.5 Å². The molecular formula is C45H25N3O. The molecule has 1 aromatic heterocycles. The zero-order valence-corrected chi connectivity index (χ0v) is 26.2. The van der Waals surface area contributed by atoms with Gasteiger partial charge in [-0.05, 0) is 60.6 Å². The molecule has 10 aromatic rings. The van der Waals surface area contributed by atoms with E-state index < -0.39 is 0 Å². The number of benzene rings is 9. The van der Waals surface area contributed by atoms with Gasteiger partial charge in [0.15, 0.2) is 17.5 Å². The number of nitrogens with zero attached hydrogens (tertiary/aromatic N) is 3. The van der Waals surface area contributed by atoms with Crippen LogP contribution < -0.4 is 4.74 Å². The third-order valence-corrected chi connectivity index (χ3v) is 10.1. The minimum Gasteiger partial charge on any atom is -0.455 e. The predicted molar refractivity (Wildman–Crippen MR) is 201 cm³/mol. The van der Waals surface area contributed by atoms with E-state index in [1.165, 1.54) is 43.1 Å². The summed E-state index contributed by atoms with van der Waals surface area (Å²) in [5.74, 6) is 3.45. The molecule has 0 N–H and O–H groups in total. The van der Waals surface area contributed by atoms with E-state index in [9.17, 15) is 0 Å². The van der Waals surface area contributed by atoms with E-state index in [-0.39, 0.29) is 0 Å². The molecular weight excluding hydrogens is 599 g/mol. The summed E-state index contributed by atoms with van der Waals surface area (Å²) in [6, 6.07) is 53.2. The Morgan fingerprint density at radius 1 is 0.327 bits per heavy atom. The van der Waals surface area contributed by atoms with Crippen molar-refractivity contribution < 1.29 is 4.74 Å². The Morgan fingerprint density at radius 2 is 0.898 bits per heavy atom. The minimum atomic E-state index is 0.577. The van der Waals surface area contributed by atoms with Crippen LogP contribution in [0.1, 0.15) is 0 Å². The number of rotatable bonds is 3. The fourth-order valence-electron chi connectivity index (χ4n) is 7.81. The Bertz CT molecular complexity index is 3020. The van der Waals surface area contributed by atoms with Gasteiger partial charge in [0, 0.05) is 27.3 Å². The topological polar surface area (TPSA) is 47.9 Å². The van der Waals surface area contributed by atoms with Gasteiger partial charge in [0.1, 0.15) is 11.5 Å². The van der Waals surface area contributed by atoms with Crippen LogP contribution in [0.15, 0.2) is 152 Å². The highest BCUT2D eigenvalue weighted by Crippen LogP contribution is 2.50. The van der Waals surface area contributed by atoms with Crippen molar-refractivity contribution in [2.75, 3.05) is 0 Å². The van der Waals surface area contributed by atoms with E-state index in [0.717, 1.165) is 49.7 Å². The van der Waals surface area contributed by atoms with Crippen LogP contribution in [0, 0.1) is 0 Å². The van der Waals surface area contributed by atoms with Crippen LogP contribution in [-0.2, 0) is 0 Å². The van der Waals surface area contributed by atoms with Crippen LogP contribution in [0.25, 0.3) is 98.8 Å². The van der Waals surface area contributed by atoms with Crippen LogP contribution >= 0.6 is 0 Å². The lowest BCUT2D eigenvalue weighted by Crippen LogP contribution is -2.03. The lowest BCUT2D eigenvalue weighted by Gasteiger charge is -2.22. The largest absolute Gasteiger partial charge is 0.455 e. The van der Waals surface area contributed by atoms with Gasteiger partial charge in [-0.25, -0.2) is 15.0 Å². The Labute approximate surface area is 280 Å². The van der Waals surface area contributed by atoms with Gasteiger partial charge in [0.25, 0.3) is 0 Å². The number of hydrogen-bond acceptors (Lipinski definition) is 4. The third-order valence-electron chi connectivity index (χ3n) is 10.1. The van der Waals surface area contributed by atoms with Gasteiger partial charge in [-0.1, -0.05) is 140 Å². The molecule has 1 aliphatic rings. The first kappa shape index (κ1) is 26.4. The standard InChI is InChI=1S/C45H25N3O/c1-2-9-30(10-3-1)43-46-44(36-14-7-13-32-34-22-20-26-8-4-5-12-31(26)33(34)24-25-35(32)36)48-45(47-43)37-23-21-29-19-18-28-17-16-27-11-6-15-38-39(27)40(28)41(29)42(37)49-38/h1-25H. The molecule has 0 bridgehead atoms. The monoisotopic (exact) mass is 623 g/mol. The number of fused-ring (bicyclic) bond motifs is 5. The van der Waals surface area contributed by atoms with Gasteiger partial charge in [-0.15, -0.1) is 0 Å². The molecule has 0 amide bonds. The molecule has 0 aliphatic carbocycles. The second-order valence-electron chi connectivity index (χ2n) is 12.7. The first-order valence-corrected chi connectivity index (χ1v) is 16.5. The van der Waals surface area contributed by atoms with Crippen molar-refractivity contribution in [3.05, 3.63) is 152 Å². The van der Waals surface area contributed by atoms with E-state index in [1.807, 2.05) is 30.3 Å². The first-order chi connectivity index (χ1) is 24.3. The van der Waals surface area contributed by atoms with Crippen LogP contribution in [0.4, 0.5) is 0 Å². The van der Waals surface area contributed by atoms with Gasteiger partial charge in [0.05, 0.1) is 5.56 Å². The summed E-state index contributed by atoms with van der Waals surface area (Å²) in [4.78, 5) is 15.5. The van der Waals surface area contributed by atoms with E-state index in [2.05, 4.69) is 121 Å². The highest BCUT2D eigenvalue weighted by atomic mass is 16.5. The minimum absolute atomic E-state index is 0.577. The SMILES string of the molecule is c1ccc(-c2nc(-c3ccc4ccc5ccc6cccc7c6c5c4c3O7)nc(-c3cccc4c3ccc3c5ccccc5ccc43)n2)cc1. The summed E-state index contributed by atoms with van der Waals surface area (Å²) >= 11 is 0. The lowest BCUT2D eigenvalue weighted by atomic mass is 9.92. The van der Waals surface area contributed by atoms with Crippen LogP contribution in [0.3, 0.4) is 0 Å². The Hall–Kier alpha value is -6.65. The molecule has 0 saturated heterocycles. The van der Waals surface area contributed by atoms with Crippen LogP contribution in [0.5, 0.6) is 11.5 Å². The van der Waals surface area contributed by atoms with E-state index in [1.54, 1.807) is 0 Å². The Balaban J connectivity index is 1.19. The molecule has 0 atom stereocenters. The summed E-state index contributed by atoms with van der Waals surface area (Å²) < 4.78 is 6.82. The maximum atomic E-state index is 6.82. The second-order valence-corrected chi connectivity index (χ2v) is 12.7. The molecule has 11 rings (SSSR count). The maximum Gasteiger partial charge on any atom is 0.167 e. The van der Waals surface area contributed by atoms with Crippen molar-refractivity contribution in [2.24, 2.45) is 0 Å². The first-order valence-electron chi connectivity index (χ1n) is 16.5. The number of ether oxygens (including phenoxy) is 1. The molecule has 4 heteroatoms. The highest BCUT2D eigenvalue weighted by molar-refractivity contribution is 6.26. The average molecular weight is 624 g/mol. The Kier molecular flexibility index (Phi) is 5.35. The Morgan fingerprint density at radius 3 is 1.78 bits per heavy atom. The van der Waals surface area contributed by atoms with Gasteiger partial charge < -0.3 is 4.74 Å². The van der Waals surface area contributed by atoms with Crippen molar-refractivity contribution in [3.63, 3.8) is 0 Å². The average Bonchev–Trinajstić information content (AvgIpc) is 3.17. The summed E-state index contributed by atoms with van der Waals surface area (Å²) in [6.07, 6.45) is 0. The molecule has 1 aliphatic heterocycles. The quantitative estimate of drug-likeness (QED) is 0.184. The zero-order chi connectivity index (χ0) is 32.1. The summed E-state index contributed by atoms with van der Waals surface area (Å²) in [5.41, 5.74) is 2.73. The molecule has 2 heterocycles. The van der Waals surface area contributed by atoms with E-state index >= 15 is 0 Å². The van der Waals surface area contributed by atoms with Crippen LogP contribution in [0.2, 0.25) is 0 Å². The fraction of sp³-hybridized carbons (Fsp3) is 0. The molecule has 9 aromatic carbocycles. The van der Waals surface area contributed by atoms with E-state index in [4.69, 9.17) is 19.7 Å². The second kappa shape index (κ2) is 9.93. The summed E-state index contributed by atoms with van der Waals surface area (Å²) in [7, 11) is 0. The molecule has 4 nitrogen and oxygen atoms in total. The molecule has 49 heavy (non-hydrogen) atoms. The van der Waals surface area contributed by atoms with Gasteiger partial charge >= 0.3 is 0 Å². The lowest BCUT2D eigenvalue weighted by molar-refractivity contribution is 0.494. The fourth-order valence-corrected chi connectivity index (χ4v) is 7.81. The molecule has 0 unspecified atom stereocenters. The van der Waals surface area contributed by atoms with Crippen molar-refractivity contribution in [2.45, 2.75) is 0 Å². The number of aromatic nitrogens is 3. The predicted octanol–water partition coefficient (Wildman–Crippen LogP) is 11.9. The van der Waals surface area contributed by atoms with Crippen molar-refractivity contribution in [3.8, 4) is 45.7 Å². The summed E-state index contributed by atoms with van der Waals surface area (Å²) in [5, 5.41) is 14.1. The van der Waals surface area contributed by atoms with Crippen molar-refractivity contribution in [1.82, 2.24) is 15.0 Å². The molecule has 0 radical (unpaired) electrons. The molecule has 0 spiro atoms. The molecule has 226 valence electrons. The van der Waals surface area contributed by atoms with Gasteiger partial charge in [-0.2, -0.15) is 0 Å². The third kappa shape index (κ3) is 3.83. The smallest absolute Gasteiger partial charge is 0.167 e. The highest BCUT2D eigenvalue weighted by Gasteiger charge is 2.25. The maximum absolute atomic E-state index is 6.82. The zero-order valence-electron chi connectivity index (χ0n) is 26.2. The normalized spacial score (nSPS) is 12.2.